The van der Waals surface area contributed by atoms with E-state index in [1.807, 2.05) is 12.1 Å². The lowest BCUT2D eigenvalue weighted by molar-refractivity contribution is -0.169. The van der Waals surface area contributed by atoms with E-state index in [2.05, 4.69) is 54.4 Å². The van der Waals surface area contributed by atoms with Gasteiger partial charge in [0.05, 0.1) is 13.2 Å². The standard InChI is InChI=1S/C20H24N2O2/c1-21-18-12-8-7-11-17(18)16(14-20(23)22(2)24-3)13-19(21)15-9-5-4-6-10-15/h4-12,16,19H,13-14H2,1-3H3/t16-,19+/m1/s1. The Kier molecular flexibility index (Phi) is 4.86. The molecule has 4 heteroatoms. The Bertz CT molecular complexity index is 702. The zero-order valence-corrected chi connectivity index (χ0v) is 14.5. The molecule has 2 aromatic rings. The molecular weight excluding hydrogens is 300 g/mol. The molecule has 24 heavy (non-hydrogen) atoms. The number of hydrogen-bond acceptors (Lipinski definition) is 3. The third kappa shape index (κ3) is 3.15. The molecular formula is C20H24N2O2. The number of nitrogens with zero attached hydrogens (tertiary/aromatic N) is 2. The molecule has 3 rings (SSSR count). The zero-order valence-electron chi connectivity index (χ0n) is 14.5. The summed E-state index contributed by atoms with van der Waals surface area (Å²) in [7, 11) is 5.32. The fraction of sp³-hybridized carbons (Fsp3) is 0.350. The van der Waals surface area contributed by atoms with Crippen LogP contribution in [0.1, 0.15) is 35.9 Å². The molecule has 0 saturated carbocycles. The van der Waals surface area contributed by atoms with Crippen LogP contribution in [0.2, 0.25) is 0 Å². The van der Waals surface area contributed by atoms with Crippen LogP contribution in [-0.2, 0) is 9.63 Å². The predicted molar refractivity (Wildman–Crippen MR) is 95.8 cm³/mol. The van der Waals surface area contributed by atoms with Gasteiger partial charge in [0.1, 0.15) is 0 Å². The summed E-state index contributed by atoms with van der Waals surface area (Å²) in [6.07, 6.45) is 1.37. The van der Waals surface area contributed by atoms with E-state index in [9.17, 15) is 4.79 Å². The third-order valence-electron chi connectivity index (χ3n) is 4.96. The lowest BCUT2D eigenvalue weighted by Crippen LogP contribution is -2.34. The number of hydrogen-bond donors (Lipinski definition) is 0. The Morgan fingerprint density at radius 1 is 1.17 bits per heavy atom. The molecule has 0 bridgehead atoms. The molecule has 0 N–H and O–H groups in total. The number of benzene rings is 2. The number of carbonyl (C=O) groups excluding carboxylic acids is 1. The summed E-state index contributed by atoms with van der Waals surface area (Å²) < 4.78 is 0. The van der Waals surface area contributed by atoms with Gasteiger partial charge in [0, 0.05) is 26.2 Å². The number of hydroxylamine groups is 2. The maximum Gasteiger partial charge on any atom is 0.246 e. The van der Waals surface area contributed by atoms with E-state index in [1.165, 1.54) is 29.0 Å². The number of amides is 1. The molecule has 0 unspecified atom stereocenters. The van der Waals surface area contributed by atoms with E-state index in [0.717, 1.165) is 6.42 Å². The van der Waals surface area contributed by atoms with Gasteiger partial charge in [-0.1, -0.05) is 48.5 Å². The number of fused-ring (bicyclic) bond motifs is 1. The molecule has 1 aliphatic heterocycles. The summed E-state index contributed by atoms with van der Waals surface area (Å²) in [5, 5.41) is 1.32. The van der Waals surface area contributed by atoms with E-state index < -0.39 is 0 Å². The highest BCUT2D eigenvalue weighted by molar-refractivity contribution is 5.76. The topological polar surface area (TPSA) is 32.8 Å². The van der Waals surface area contributed by atoms with Gasteiger partial charge in [-0.25, -0.2) is 5.06 Å². The van der Waals surface area contributed by atoms with E-state index in [0.29, 0.717) is 6.42 Å². The fourth-order valence-corrected chi connectivity index (χ4v) is 3.55. The molecule has 0 fully saturated rings. The van der Waals surface area contributed by atoms with Gasteiger partial charge in [0.15, 0.2) is 0 Å². The molecule has 0 radical (unpaired) electrons. The van der Waals surface area contributed by atoms with Crippen LogP contribution in [0.25, 0.3) is 0 Å². The Labute approximate surface area is 143 Å². The Balaban J connectivity index is 1.93. The summed E-state index contributed by atoms with van der Waals surface area (Å²) >= 11 is 0. The minimum atomic E-state index is 0.00803. The van der Waals surface area contributed by atoms with Crippen molar-refractivity contribution in [3.8, 4) is 0 Å². The first-order valence-electron chi connectivity index (χ1n) is 8.29. The van der Waals surface area contributed by atoms with Gasteiger partial charge < -0.3 is 4.90 Å². The highest BCUT2D eigenvalue weighted by atomic mass is 16.7. The van der Waals surface area contributed by atoms with E-state index in [4.69, 9.17) is 4.84 Å². The fourth-order valence-electron chi connectivity index (χ4n) is 3.55. The zero-order chi connectivity index (χ0) is 17.1. The van der Waals surface area contributed by atoms with Gasteiger partial charge in [0.2, 0.25) is 5.91 Å². The van der Waals surface area contributed by atoms with Gasteiger partial charge in [-0.2, -0.15) is 0 Å². The average Bonchev–Trinajstić information content (AvgIpc) is 2.64. The Morgan fingerprint density at radius 2 is 1.83 bits per heavy atom. The van der Waals surface area contributed by atoms with Crippen molar-refractivity contribution in [2.45, 2.75) is 24.8 Å². The molecule has 1 amide bonds. The van der Waals surface area contributed by atoms with Crippen molar-refractivity contribution in [3.63, 3.8) is 0 Å². The molecule has 1 aliphatic rings. The van der Waals surface area contributed by atoms with Gasteiger partial charge >= 0.3 is 0 Å². The SMILES string of the molecule is CON(C)C(=O)C[C@H]1C[C@@H](c2ccccc2)N(C)c2ccccc21. The molecule has 0 aromatic heterocycles. The van der Waals surface area contributed by atoms with Crippen LogP contribution >= 0.6 is 0 Å². The first-order chi connectivity index (χ1) is 11.6. The maximum absolute atomic E-state index is 12.4. The molecule has 2 atom stereocenters. The quantitative estimate of drug-likeness (QED) is 0.803. The summed E-state index contributed by atoms with van der Waals surface area (Å²) in [4.78, 5) is 19.7. The van der Waals surface area contributed by atoms with Gasteiger partial charge in [0.25, 0.3) is 0 Å². The summed E-state index contributed by atoms with van der Waals surface area (Å²) in [6, 6.07) is 19.2. The Morgan fingerprint density at radius 3 is 2.54 bits per heavy atom. The summed E-state index contributed by atoms with van der Waals surface area (Å²) in [5.41, 5.74) is 3.73. The normalized spacial score (nSPS) is 19.7. The van der Waals surface area contributed by atoms with Crippen molar-refractivity contribution in [3.05, 3.63) is 65.7 Å². The summed E-state index contributed by atoms with van der Waals surface area (Å²) in [6.45, 7) is 0. The van der Waals surface area contributed by atoms with Crippen molar-refractivity contribution < 1.29 is 9.63 Å². The van der Waals surface area contributed by atoms with Crippen LogP contribution in [0, 0.1) is 0 Å². The smallest absolute Gasteiger partial charge is 0.246 e. The molecule has 4 nitrogen and oxygen atoms in total. The van der Waals surface area contributed by atoms with Crippen LogP contribution in [0.15, 0.2) is 54.6 Å². The second-order valence-electron chi connectivity index (χ2n) is 6.31. The van der Waals surface area contributed by atoms with Crippen LogP contribution in [0.4, 0.5) is 5.69 Å². The highest BCUT2D eigenvalue weighted by Crippen LogP contribution is 2.45. The van der Waals surface area contributed by atoms with Crippen molar-refractivity contribution in [2.75, 3.05) is 26.1 Å². The van der Waals surface area contributed by atoms with E-state index >= 15 is 0 Å². The van der Waals surface area contributed by atoms with Crippen molar-refractivity contribution >= 4 is 11.6 Å². The highest BCUT2D eigenvalue weighted by Gasteiger charge is 2.32. The van der Waals surface area contributed by atoms with Crippen LogP contribution < -0.4 is 4.90 Å². The number of carbonyl (C=O) groups is 1. The van der Waals surface area contributed by atoms with E-state index in [-0.39, 0.29) is 17.9 Å². The predicted octanol–water partition coefficient (Wildman–Crippen LogP) is 3.76. The number of para-hydroxylation sites is 1. The maximum atomic E-state index is 12.4. The number of rotatable bonds is 4. The molecule has 2 aromatic carbocycles. The van der Waals surface area contributed by atoms with Crippen LogP contribution in [-0.4, -0.2) is 32.2 Å². The van der Waals surface area contributed by atoms with Gasteiger partial charge in [-0.05, 0) is 29.5 Å². The lowest BCUT2D eigenvalue weighted by atomic mass is 9.81. The van der Waals surface area contributed by atoms with Crippen molar-refractivity contribution in [2.24, 2.45) is 0 Å². The van der Waals surface area contributed by atoms with Gasteiger partial charge in [-0.15, -0.1) is 0 Å². The monoisotopic (exact) mass is 324 g/mol. The second kappa shape index (κ2) is 7.05. The average molecular weight is 324 g/mol. The van der Waals surface area contributed by atoms with E-state index in [1.54, 1.807) is 7.05 Å². The minimum absolute atomic E-state index is 0.00803. The van der Waals surface area contributed by atoms with Crippen molar-refractivity contribution in [1.29, 1.82) is 0 Å². The minimum Gasteiger partial charge on any atom is -0.367 e. The molecule has 0 saturated heterocycles. The molecule has 0 aliphatic carbocycles. The van der Waals surface area contributed by atoms with Gasteiger partial charge in [-0.3, -0.25) is 9.63 Å². The first-order valence-corrected chi connectivity index (χ1v) is 8.29. The van der Waals surface area contributed by atoms with Crippen LogP contribution in [0.5, 0.6) is 0 Å². The van der Waals surface area contributed by atoms with Crippen LogP contribution in [0.3, 0.4) is 0 Å². The lowest BCUT2D eigenvalue weighted by Gasteiger charge is -2.40. The first kappa shape index (κ1) is 16.5. The largest absolute Gasteiger partial charge is 0.367 e. The molecule has 0 spiro atoms. The summed E-state index contributed by atoms with van der Waals surface area (Å²) in [5.74, 6) is 0.196. The van der Waals surface area contributed by atoms with Crippen molar-refractivity contribution in [1.82, 2.24) is 5.06 Å². The Hall–Kier alpha value is -2.33. The third-order valence-corrected chi connectivity index (χ3v) is 4.96. The second-order valence-corrected chi connectivity index (χ2v) is 6.31. The molecule has 1 heterocycles. The number of anilines is 1. The molecule has 126 valence electrons.